The van der Waals surface area contributed by atoms with E-state index in [1.807, 2.05) is 54.6 Å². The molecule has 104 valence electrons. The lowest BCUT2D eigenvalue weighted by molar-refractivity contribution is 0.462. The predicted octanol–water partition coefficient (Wildman–Crippen LogP) is 4.12. The van der Waals surface area contributed by atoms with Crippen molar-refractivity contribution in [3.63, 3.8) is 0 Å². The maximum atomic E-state index is 5.84. The molecule has 0 saturated heterocycles. The molecular formula is C16H12IN3O. The number of anilines is 1. The molecule has 0 aliphatic heterocycles. The summed E-state index contributed by atoms with van der Waals surface area (Å²) >= 11 is 2.24. The van der Waals surface area contributed by atoms with Crippen LogP contribution in [0.15, 0.2) is 60.7 Å². The van der Waals surface area contributed by atoms with Gasteiger partial charge >= 0.3 is 0 Å². The zero-order valence-corrected chi connectivity index (χ0v) is 13.2. The van der Waals surface area contributed by atoms with Crippen LogP contribution in [0.25, 0.3) is 11.4 Å². The molecule has 0 unspecified atom stereocenters. The molecule has 5 heteroatoms. The average molecular weight is 389 g/mol. The Kier molecular flexibility index (Phi) is 4.01. The molecule has 0 aliphatic carbocycles. The molecule has 1 aromatic heterocycles. The Morgan fingerprint density at radius 2 is 1.62 bits per heavy atom. The van der Waals surface area contributed by atoms with Crippen LogP contribution >= 0.6 is 22.6 Å². The number of ether oxygens (including phenoxy) is 1. The van der Waals surface area contributed by atoms with Gasteiger partial charge in [0.05, 0.1) is 0 Å². The van der Waals surface area contributed by atoms with Crippen molar-refractivity contribution in [2.24, 2.45) is 0 Å². The van der Waals surface area contributed by atoms with Crippen molar-refractivity contribution in [2.75, 3.05) is 5.73 Å². The highest BCUT2D eigenvalue weighted by Crippen LogP contribution is 2.24. The van der Waals surface area contributed by atoms with Crippen LogP contribution in [0.3, 0.4) is 0 Å². The lowest BCUT2D eigenvalue weighted by atomic mass is 10.2. The quantitative estimate of drug-likeness (QED) is 0.685. The summed E-state index contributed by atoms with van der Waals surface area (Å²) in [6.45, 7) is 0. The highest BCUT2D eigenvalue weighted by molar-refractivity contribution is 14.1. The molecule has 4 nitrogen and oxygen atoms in total. The number of nitrogens with zero attached hydrogens (tertiary/aromatic N) is 2. The van der Waals surface area contributed by atoms with Gasteiger partial charge in [-0.1, -0.05) is 30.3 Å². The topological polar surface area (TPSA) is 61.0 Å². The molecule has 3 rings (SSSR count). The van der Waals surface area contributed by atoms with E-state index >= 15 is 0 Å². The summed E-state index contributed by atoms with van der Waals surface area (Å²) in [7, 11) is 0. The summed E-state index contributed by atoms with van der Waals surface area (Å²) in [5, 5.41) is 0. The van der Waals surface area contributed by atoms with Gasteiger partial charge in [0.1, 0.15) is 11.6 Å². The van der Waals surface area contributed by atoms with Crippen molar-refractivity contribution in [3.05, 3.63) is 64.2 Å². The van der Waals surface area contributed by atoms with Gasteiger partial charge in [-0.2, -0.15) is 4.98 Å². The van der Waals surface area contributed by atoms with Gasteiger partial charge in [0, 0.05) is 15.2 Å². The van der Waals surface area contributed by atoms with E-state index in [1.54, 1.807) is 6.07 Å². The molecule has 2 N–H and O–H groups in total. The molecule has 1 heterocycles. The number of aromatic nitrogens is 2. The number of benzene rings is 2. The fourth-order valence-electron chi connectivity index (χ4n) is 1.83. The standard InChI is InChI=1S/C16H12IN3O/c17-12-6-8-13(9-7-12)21-15-10-14(18)19-16(20-15)11-4-2-1-3-5-11/h1-10H,(H2,18,19,20). The van der Waals surface area contributed by atoms with Crippen LogP contribution < -0.4 is 10.5 Å². The summed E-state index contributed by atoms with van der Waals surface area (Å²) in [5.74, 6) is 2.08. The zero-order chi connectivity index (χ0) is 14.7. The van der Waals surface area contributed by atoms with Gasteiger partial charge < -0.3 is 10.5 Å². The minimum atomic E-state index is 0.379. The Morgan fingerprint density at radius 1 is 0.905 bits per heavy atom. The summed E-state index contributed by atoms with van der Waals surface area (Å²) in [5.41, 5.74) is 6.74. The molecule has 0 fully saturated rings. The molecular weight excluding hydrogens is 377 g/mol. The van der Waals surface area contributed by atoms with E-state index in [9.17, 15) is 0 Å². The molecule has 2 aromatic carbocycles. The van der Waals surface area contributed by atoms with E-state index in [0.717, 1.165) is 9.13 Å². The normalized spacial score (nSPS) is 10.3. The second kappa shape index (κ2) is 6.09. The summed E-state index contributed by atoms with van der Waals surface area (Å²) < 4.78 is 6.89. The SMILES string of the molecule is Nc1cc(Oc2ccc(I)cc2)nc(-c2ccccc2)n1. The summed E-state index contributed by atoms with van der Waals surface area (Å²) in [6, 6.07) is 19.0. The van der Waals surface area contributed by atoms with Gasteiger partial charge in [-0.05, 0) is 46.9 Å². The van der Waals surface area contributed by atoms with Crippen molar-refractivity contribution in [3.8, 4) is 23.0 Å². The monoisotopic (exact) mass is 389 g/mol. The Balaban J connectivity index is 1.93. The number of halogens is 1. The van der Waals surface area contributed by atoms with Crippen LogP contribution in [0.2, 0.25) is 0 Å². The fourth-order valence-corrected chi connectivity index (χ4v) is 2.19. The van der Waals surface area contributed by atoms with Crippen LogP contribution in [0.1, 0.15) is 0 Å². The summed E-state index contributed by atoms with van der Waals surface area (Å²) in [6.07, 6.45) is 0. The van der Waals surface area contributed by atoms with Crippen molar-refractivity contribution in [1.82, 2.24) is 9.97 Å². The third-order valence-corrected chi connectivity index (χ3v) is 3.51. The number of nitrogen functional groups attached to an aromatic ring is 1. The third kappa shape index (κ3) is 3.49. The maximum absolute atomic E-state index is 5.84. The molecule has 0 spiro atoms. The van der Waals surface area contributed by atoms with Crippen LogP contribution in [-0.4, -0.2) is 9.97 Å². The molecule has 0 bridgehead atoms. The van der Waals surface area contributed by atoms with Gasteiger partial charge in [0.25, 0.3) is 0 Å². The Labute approximate surface area is 136 Å². The van der Waals surface area contributed by atoms with E-state index in [4.69, 9.17) is 10.5 Å². The average Bonchev–Trinajstić information content (AvgIpc) is 2.50. The van der Waals surface area contributed by atoms with Crippen LogP contribution in [0.5, 0.6) is 11.6 Å². The van der Waals surface area contributed by atoms with E-state index in [0.29, 0.717) is 23.3 Å². The maximum Gasteiger partial charge on any atom is 0.224 e. The molecule has 3 aromatic rings. The van der Waals surface area contributed by atoms with Crippen molar-refractivity contribution >= 4 is 28.4 Å². The largest absolute Gasteiger partial charge is 0.439 e. The van der Waals surface area contributed by atoms with E-state index in [1.165, 1.54) is 0 Å². The number of hydrogen-bond donors (Lipinski definition) is 1. The van der Waals surface area contributed by atoms with Gasteiger partial charge in [-0.25, -0.2) is 4.98 Å². The second-order valence-corrected chi connectivity index (χ2v) is 5.62. The van der Waals surface area contributed by atoms with Crippen molar-refractivity contribution in [2.45, 2.75) is 0 Å². The molecule has 21 heavy (non-hydrogen) atoms. The fraction of sp³-hybridized carbons (Fsp3) is 0. The van der Waals surface area contributed by atoms with Crippen molar-refractivity contribution < 1.29 is 4.74 Å². The highest BCUT2D eigenvalue weighted by Gasteiger charge is 2.07. The van der Waals surface area contributed by atoms with Crippen LogP contribution in [0, 0.1) is 3.57 Å². The Hall–Kier alpha value is -2.15. The van der Waals surface area contributed by atoms with Gasteiger partial charge in [-0.15, -0.1) is 0 Å². The Bertz CT molecular complexity index is 745. The zero-order valence-electron chi connectivity index (χ0n) is 11.0. The first-order chi connectivity index (χ1) is 10.2. The molecule has 0 atom stereocenters. The predicted molar refractivity (Wildman–Crippen MR) is 91.1 cm³/mol. The molecule has 0 amide bonds. The minimum Gasteiger partial charge on any atom is -0.439 e. The number of rotatable bonds is 3. The van der Waals surface area contributed by atoms with Gasteiger partial charge in [0.2, 0.25) is 5.88 Å². The summed E-state index contributed by atoms with van der Waals surface area (Å²) in [4.78, 5) is 8.65. The molecule has 0 aliphatic rings. The highest BCUT2D eigenvalue weighted by atomic mass is 127. The van der Waals surface area contributed by atoms with Crippen LogP contribution in [-0.2, 0) is 0 Å². The third-order valence-electron chi connectivity index (χ3n) is 2.79. The first-order valence-electron chi connectivity index (χ1n) is 6.34. The van der Waals surface area contributed by atoms with Gasteiger partial charge in [0.15, 0.2) is 5.82 Å². The smallest absolute Gasteiger partial charge is 0.224 e. The van der Waals surface area contributed by atoms with E-state index in [2.05, 4.69) is 32.6 Å². The number of hydrogen-bond acceptors (Lipinski definition) is 4. The first-order valence-corrected chi connectivity index (χ1v) is 7.42. The second-order valence-electron chi connectivity index (χ2n) is 4.38. The Morgan fingerprint density at radius 3 is 2.33 bits per heavy atom. The molecule has 0 saturated carbocycles. The van der Waals surface area contributed by atoms with Gasteiger partial charge in [-0.3, -0.25) is 0 Å². The number of nitrogens with two attached hydrogens (primary N) is 1. The van der Waals surface area contributed by atoms with Crippen LogP contribution in [0.4, 0.5) is 5.82 Å². The minimum absolute atomic E-state index is 0.379. The molecule has 0 radical (unpaired) electrons. The van der Waals surface area contributed by atoms with E-state index < -0.39 is 0 Å². The lowest BCUT2D eigenvalue weighted by Crippen LogP contribution is -1.98. The first kappa shape index (κ1) is 13.8. The van der Waals surface area contributed by atoms with Crippen molar-refractivity contribution in [1.29, 1.82) is 0 Å². The lowest BCUT2D eigenvalue weighted by Gasteiger charge is -2.07. The van der Waals surface area contributed by atoms with E-state index in [-0.39, 0.29) is 0 Å².